The molecule has 0 unspecified atom stereocenters. The second kappa shape index (κ2) is 4.27. The maximum atomic E-state index is 6.91. The summed E-state index contributed by atoms with van der Waals surface area (Å²) in [5, 5.41) is 0. The Kier molecular flexibility index (Phi) is 3.04. The largest absolute Gasteiger partial charge is 0.369 e. The van der Waals surface area contributed by atoms with Gasteiger partial charge in [0.25, 0.3) is 0 Å². The van der Waals surface area contributed by atoms with Gasteiger partial charge in [-0.3, -0.25) is 4.99 Å². The highest BCUT2D eigenvalue weighted by Gasteiger charge is 1.96. The Hall–Kier alpha value is -1.82. The van der Waals surface area contributed by atoms with E-state index in [-0.39, 0.29) is 0 Å². The fourth-order valence-corrected chi connectivity index (χ4v) is 0.846. The molecule has 66 valence electrons. The minimum absolute atomic E-state index is 0.584. The van der Waals surface area contributed by atoms with Crippen LogP contribution in [0.4, 0.5) is 11.4 Å². The molecule has 0 atom stereocenters. The lowest BCUT2D eigenvalue weighted by atomic mass is 10.3. The van der Waals surface area contributed by atoms with Crippen LogP contribution in [-0.4, -0.2) is 25.3 Å². The fraction of sp³-hybridized carbons (Fsp3) is 0.200. The summed E-state index contributed by atoms with van der Waals surface area (Å²) < 4.78 is 0. The van der Waals surface area contributed by atoms with Crippen molar-refractivity contribution in [2.75, 3.05) is 14.1 Å². The third-order valence-electron chi connectivity index (χ3n) is 1.43. The van der Waals surface area contributed by atoms with Crippen molar-refractivity contribution in [1.82, 2.24) is 4.90 Å². The number of hydrogen-bond donors (Lipinski definition) is 0. The first kappa shape index (κ1) is 9.27. The maximum absolute atomic E-state index is 6.91. The summed E-state index contributed by atoms with van der Waals surface area (Å²) in [5.74, 6) is 0. The summed E-state index contributed by atoms with van der Waals surface area (Å²) in [4.78, 5) is 9.36. The lowest BCUT2D eigenvalue weighted by Crippen LogP contribution is -2.06. The van der Waals surface area contributed by atoms with Gasteiger partial charge in [-0.1, -0.05) is 18.2 Å². The quantitative estimate of drug-likeness (QED) is 0.382. The lowest BCUT2D eigenvalue weighted by molar-refractivity contribution is 0.643. The molecule has 0 aromatic heterocycles. The summed E-state index contributed by atoms with van der Waals surface area (Å²) in [6, 6.07) is 7.29. The lowest BCUT2D eigenvalue weighted by Gasteiger charge is -2.02. The van der Waals surface area contributed by atoms with Gasteiger partial charge in [-0.2, -0.15) is 0 Å². The van der Waals surface area contributed by atoms with Crippen LogP contribution in [0.15, 0.2) is 29.3 Å². The van der Waals surface area contributed by atoms with Crippen molar-refractivity contribution >= 4 is 17.7 Å². The number of hydrogen-bond acceptors (Lipinski definition) is 1. The zero-order valence-electron chi connectivity index (χ0n) is 7.73. The molecule has 1 rings (SSSR count). The molecule has 1 aromatic rings. The van der Waals surface area contributed by atoms with Crippen molar-refractivity contribution in [2.24, 2.45) is 4.99 Å². The molecule has 3 heteroatoms. The molecule has 0 saturated heterocycles. The Balaban J connectivity index is 2.95. The van der Waals surface area contributed by atoms with E-state index < -0.39 is 0 Å². The number of para-hydroxylation sites is 2. The summed E-state index contributed by atoms with van der Waals surface area (Å²) >= 11 is 0. The van der Waals surface area contributed by atoms with Gasteiger partial charge in [-0.15, -0.1) is 0 Å². The summed E-state index contributed by atoms with van der Waals surface area (Å²) in [6.07, 6.45) is 1.68. The van der Waals surface area contributed by atoms with E-state index in [1.54, 1.807) is 12.4 Å². The number of nitrogens with zero attached hydrogens (tertiary/aromatic N) is 3. The Morgan fingerprint density at radius 2 is 2.08 bits per heavy atom. The molecule has 0 amide bonds. The van der Waals surface area contributed by atoms with Crippen molar-refractivity contribution in [2.45, 2.75) is 0 Å². The third kappa shape index (κ3) is 2.60. The molecule has 0 bridgehead atoms. The Morgan fingerprint density at radius 3 is 2.69 bits per heavy atom. The zero-order chi connectivity index (χ0) is 9.68. The molecule has 0 spiro atoms. The standard InChI is InChI=1S/C10H11N3/c1-11-9-6-4-5-7-10(9)12-8-13(2)3/h4-8H,2-3H3. The highest BCUT2D eigenvalue weighted by atomic mass is 15.1. The maximum Gasteiger partial charge on any atom is 0.212 e. The molecule has 13 heavy (non-hydrogen) atoms. The SMILES string of the molecule is [C-]#[N+]c1ccccc1N=CN(C)C. The van der Waals surface area contributed by atoms with Gasteiger partial charge in [0.15, 0.2) is 0 Å². The summed E-state index contributed by atoms with van der Waals surface area (Å²) in [6.45, 7) is 6.91. The highest BCUT2D eigenvalue weighted by molar-refractivity contribution is 5.71. The molecule has 3 nitrogen and oxygen atoms in total. The van der Waals surface area contributed by atoms with Gasteiger partial charge < -0.3 is 4.90 Å². The molecule has 0 heterocycles. The van der Waals surface area contributed by atoms with E-state index in [9.17, 15) is 0 Å². The third-order valence-corrected chi connectivity index (χ3v) is 1.43. The van der Waals surface area contributed by atoms with E-state index in [1.165, 1.54) is 0 Å². The zero-order valence-corrected chi connectivity index (χ0v) is 7.73. The van der Waals surface area contributed by atoms with Crippen LogP contribution in [0.25, 0.3) is 4.85 Å². The van der Waals surface area contributed by atoms with Crippen LogP contribution in [0.5, 0.6) is 0 Å². The van der Waals surface area contributed by atoms with E-state index in [0.29, 0.717) is 11.4 Å². The van der Waals surface area contributed by atoms with E-state index >= 15 is 0 Å². The molecule has 0 aliphatic rings. The van der Waals surface area contributed by atoms with Gasteiger partial charge in [0, 0.05) is 14.1 Å². The van der Waals surface area contributed by atoms with Crippen LogP contribution < -0.4 is 0 Å². The van der Waals surface area contributed by atoms with Crippen LogP contribution in [0.2, 0.25) is 0 Å². The van der Waals surface area contributed by atoms with Gasteiger partial charge >= 0.3 is 0 Å². The molecule has 0 saturated carbocycles. The number of benzene rings is 1. The molecule has 0 aliphatic heterocycles. The number of aliphatic imine (C=N–C) groups is 1. The smallest absolute Gasteiger partial charge is 0.212 e. The van der Waals surface area contributed by atoms with Crippen LogP contribution in [0.3, 0.4) is 0 Å². The Labute approximate surface area is 78.1 Å². The summed E-state index contributed by atoms with van der Waals surface area (Å²) in [5.41, 5.74) is 1.30. The highest BCUT2D eigenvalue weighted by Crippen LogP contribution is 2.26. The Bertz CT molecular complexity index is 347. The fourth-order valence-electron chi connectivity index (χ4n) is 0.846. The first-order valence-corrected chi connectivity index (χ1v) is 3.91. The van der Waals surface area contributed by atoms with Crippen molar-refractivity contribution in [3.63, 3.8) is 0 Å². The van der Waals surface area contributed by atoms with E-state index in [1.807, 2.05) is 37.2 Å². The first-order valence-electron chi connectivity index (χ1n) is 3.91. The molecule has 1 aromatic carbocycles. The van der Waals surface area contributed by atoms with Crippen LogP contribution >= 0.6 is 0 Å². The Morgan fingerprint density at radius 1 is 1.38 bits per heavy atom. The molecular weight excluding hydrogens is 162 g/mol. The van der Waals surface area contributed by atoms with Gasteiger partial charge in [0.05, 0.1) is 18.6 Å². The topological polar surface area (TPSA) is 20.0 Å². The van der Waals surface area contributed by atoms with Gasteiger partial charge in [-0.25, -0.2) is 4.85 Å². The minimum Gasteiger partial charge on any atom is -0.369 e. The normalized spacial score (nSPS) is 9.92. The van der Waals surface area contributed by atoms with Gasteiger partial charge in [-0.05, 0) is 6.07 Å². The van der Waals surface area contributed by atoms with E-state index in [2.05, 4.69) is 9.84 Å². The van der Waals surface area contributed by atoms with Crippen LogP contribution in [0.1, 0.15) is 0 Å². The molecular formula is C10H11N3. The molecule has 0 fully saturated rings. The monoisotopic (exact) mass is 173 g/mol. The van der Waals surface area contributed by atoms with Gasteiger partial charge in [0.1, 0.15) is 0 Å². The molecule has 0 radical (unpaired) electrons. The van der Waals surface area contributed by atoms with Crippen molar-refractivity contribution in [1.29, 1.82) is 0 Å². The van der Waals surface area contributed by atoms with Crippen molar-refractivity contribution < 1.29 is 0 Å². The summed E-state index contributed by atoms with van der Waals surface area (Å²) in [7, 11) is 3.79. The molecule has 0 N–H and O–H groups in total. The van der Waals surface area contributed by atoms with E-state index in [4.69, 9.17) is 6.57 Å². The van der Waals surface area contributed by atoms with E-state index in [0.717, 1.165) is 0 Å². The van der Waals surface area contributed by atoms with Gasteiger partial charge in [0.2, 0.25) is 5.69 Å². The average molecular weight is 173 g/mol. The molecule has 0 aliphatic carbocycles. The van der Waals surface area contributed by atoms with Crippen molar-refractivity contribution in [3.05, 3.63) is 35.7 Å². The van der Waals surface area contributed by atoms with Crippen LogP contribution in [-0.2, 0) is 0 Å². The minimum atomic E-state index is 0.584. The second-order valence-corrected chi connectivity index (χ2v) is 2.81. The number of rotatable bonds is 2. The predicted molar refractivity (Wildman–Crippen MR) is 54.5 cm³/mol. The first-order chi connectivity index (χ1) is 6.24. The predicted octanol–water partition coefficient (Wildman–Crippen LogP) is 2.46. The second-order valence-electron chi connectivity index (χ2n) is 2.81. The van der Waals surface area contributed by atoms with Crippen molar-refractivity contribution in [3.8, 4) is 0 Å². The van der Waals surface area contributed by atoms with Crippen LogP contribution in [0, 0.1) is 6.57 Å². The average Bonchev–Trinajstić information content (AvgIpc) is 2.15.